The minimum Gasteiger partial charge on any atom is -0.339 e. The van der Waals surface area contributed by atoms with Crippen LogP contribution in [0, 0.1) is 0 Å². The summed E-state index contributed by atoms with van der Waals surface area (Å²) in [6, 6.07) is 10.2. The van der Waals surface area contributed by atoms with Crippen molar-refractivity contribution < 1.29 is 4.79 Å². The molecule has 2 nitrogen and oxygen atoms in total. The van der Waals surface area contributed by atoms with Crippen molar-refractivity contribution in [3.63, 3.8) is 0 Å². The molecule has 0 radical (unpaired) electrons. The van der Waals surface area contributed by atoms with Gasteiger partial charge in [-0.2, -0.15) is 0 Å². The van der Waals surface area contributed by atoms with Gasteiger partial charge in [-0.15, -0.1) is 12.4 Å². The highest BCUT2D eigenvalue weighted by molar-refractivity contribution is 5.85. The molecule has 1 aromatic rings. The fraction of sp³-hybridized carbons (Fsp3) is 0.143. The Bertz CT molecular complexity index is 464. The first-order valence-corrected chi connectivity index (χ1v) is 5.31. The van der Waals surface area contributed by atoms with E-state index in [0.29, 0.717) is 5.70 Å². The Labute approximate surface area is 116 Å². The van der Waals surface area contributed by atoms with E-state index in [-0.39, 0.29) is 20.8 Å². The molecule has 1 aromatic carbocycles. The molecular formula is C14H17BClNO. The number of halogens is 1. The monoisotopic (exact) mass is 261 g/mol. The van der Waals surface area contributed by atoms with Gasteiger partial charge in [-0.3, -0.25) is 0 Å². The highest BCUT2D eigenvalue weighted by Crippen LogP contribution is 2.10. The molecule has 0 spiro atoms. The van der Waals surface area contributed by atoms with Crippen LogP contribution in [0.1, 0.15) is 5.56 Å². The zero-order valence-corrected chi connectivity index (χ0v) is 10.2. The second kappa shape index (κ2) is 8.40. The van der Waals surface area contributed by atoms with Gasteiger partial charge >= 0.3 is 0 Å². The fourth-order valence-electron chi connectivity index (χ4n) is 1.66. The minimum atomic E-state index is 0. The van der Waals surface area contributed by atoms with E-state index in [1.165, 1.54) is 5.56 Å². The van der Waals surface area contributed by atoms with Crippen LogP contribution in [-0.2, 0) is 11.2 Å². The maximum atomic E-state index is 10.7. The van der Waals surface area contributed by atoms with Crippen molar-refractivity contribution in [3.05, 3.63) is 66.0 Å². The molecular weight excluding hydrogens is 244 g/mol. The molecule has 94 valence electrons. The van der Waals surface area contributed by atoms with Crippen LogP contribution in [0.5, 0.6) is 0 Å². The maximum Gasteiger partial charge on any atom is 0.150 e. The number of benzene rings is 1. The molecule has 0 saturated carbocycles. The molecule has 0 atom stereocenters. The molecule has 1 aliphatic heterocycles. The van der Waals surface area contributed by atoms with Gasteiger partial charge in [0, 0.05) is 12.7 Å². The van der Waals surface area contributed by atoms with Crippen LogP contribution in [0.15, 0.2) is 60.5 Å². The summed E-state index contributed by atoms with van der Waals surface area (Å²) in [5, 5.41) is 0. The van der Waals surface area contributed by atoms with Gasteiger partial charge in [0.1, 0.15) is 5.70 Å². The zero-order valence-electron chi connectivity index (χ0n) is 9.37. The van der Waals surface area contributed by atoms with E-state index in [0.717, 1.165) is 13.0 Å². The van der Waals surface area contributed by atoms with Gasteiger partial charge < -0.3 is 4.90 Å². The Morgan fingerprint density at radius 1 is 1.11 bits per heavy atom. The molecule has 0 unspecified atom stereocenters. The standard InChI is InChI=1S/C14H13NO.BH3.ClH/c16-12-14-8-4-5-10-15(14)11-9-13-6-2-1-3-7-13;;/h1-8,10H,9,11H2;1H3;1H. The minimum absolute atomic E-state index is 0. The van der Waals surface area contributed by atoms with E-state index in [1.807, 2.05) is 47.4 Å². The Morgan fingerprint density at radius 2 is 1.83 bits per heavy atom. The van der Waals surface area contributed by atoms with Gasteiger partial charge in [0.15, 0.2) is 5.94 Å². The third kappa shape index (κ3) is 4.29. The van der Waals surface area contributed by atoms with Gasteiger partial charge in [-0.1, -0.05) is 36.4 Å². The first kappa shape index (κ1) is 16.3. The van der Waals surface area contributed by atoms with Gasteiger partial charge in [-0.25, -0.2) is 4.79 Å². The lowest BCUT2D eigenvalue weighted by atomic mass is 10.1. The van der Waals surface area contributed by atoms with Gasteiger partial charge in [-0.05, 0) is 24.1 Å². The number of rotatable bonds is 3. The average Bonchev–Trinajstić information content (AvgIpc) is 2.38. The van der Waals surface area contributed by atoms with Crippen molar-refractivity contribution in [2.45, 2.75) is 6.42 Å². The molecule has 0 amide bonds. The second-order valence-electron chi connectivity index (χ2n) is 3.62. The number of hydrogen-bond acceptors (Lipinski definition) is 2. The van der Waals surface area contributed by atoms with Crippen LogP contribution in [0.25, 0.3) is 0 Å². The number of carbonyl (C=O) groups excluding carboxylic acids is 1. The van der Waals surface area contributed by atoms with E-state index in [9.17, 15) is 4.79 Å². The molecule has 2 rings (SSSR count). The SMILES string of the molecule is B.Cl.O=C=C1C=CC=CN1CCc1ccccc1. The average molecular weight is 262 g/mol. The fourth-order valence-corrected chi connectivity index (χ4v) is 1.66. The van der Waals surface area contributed by atoms with Gasteiger partial charge in [0.25, 0.3) is 0 Å². The summed E-state index contributed by atoms with van der Waals surface area (Å²) in [4.78, 5) is 12.6. The van der Waals surface area contributed by atoms with Crippen molar-refractivity contribution >= 4 is 26.8 Å². The lowest BCUT2D eigenvalue weighted by molar-refractivity contribution is 0.475. The molecule has 4 heteroatoms. The molecule has 1 aliphatic rings. The molecule has 0 aromatic heterocycles. The second-order valence-corrected chi connectivity index (χ2v) is 3.62. The Morgan fingerprint density at radius 3 is 2.50 bits per heavy atom. The Kier molecular flexibility index (Phi) is 7.61. The van der Waals surface area contributed by atoms with Crippen molar-refractivity contribution in [2.75, 3.05) is 6.54 Å². The first-order chi connectivity index (χ1) is 7.90. The molecule has 1 heterocycles. The molecule has 18 heavy (non-hydrogen) atoms. The summed E-state index contributed by atoms with van der Waals surface area (Å²) in [6.07, 6.45) is 8.37. The summed E-state index contributed by atoms with van der Waals surface area (Å²) in [7, 11) is 0. The zero-order chi connectivity index (χ0) is 11.2. The molecule has 0 bridgehead atoms. The molecule has 0 saturated heterocycles. The van der Waals surface area contributed by atoms with Crippen molar-refractivity contribution in [3.8, 4) is 0 Å². The predicted octanol–water partition coefficient (Wildman–Crippen LogP) is 1.57. The van der Waals surface area contributed by atoms with Crippen molar-refractivity contribution in [2.24, 2.45) is 0 Å². The normalized spacial score (nSPS) is 12.4. The van der Waals surface area contributed by atoms with Crippen molar-refractivity contribution in [1.29, 1.82) is 0 Å². The molecule has 0 fully saturated rings. The Balaban J connectivity index is 0.00000144. The maximum absolute atomic E-state index is 10.7. The topological polar surface area (TPSA) is 20.3 Å². The largest absolute Gasteiger partial charge is 0.339 e. The number of allylic oxidation sites excluding steroid dienone is 3. The summed E-state index contributed by atoms with van der Waals surface area (Å²) in [5.74, 6) is 1.94. The number of hydrogen-bond donors (Lipinski definition) is 0. The smallest absolute Gasteiger partial charge is 0.150 e. The van der Waals surface area contributed by atoms with Crippen LogP contribution in [0.4, 0.5) is 0 Å². The third-order valence-corrected chi connectivity index (χ3v) is 2.53. The van der Waals surface area contributed by atoms with E-state index in [4.69, 9.17) is 0 Å². The summed E-state index contributed by atoms with van der Waals surface area (Å²) >= 11 is 0. The van der Waals surface area contributed by atoms with E-state index < -0.39 is 0 Å². The molecule has 0 aliphatic carbocycles. The van der Waals surface area contributed by atoms with Crippen LogP contribution in [-0.4, -0.2) is 25.8 Å². The highest BCUT2D eigenvalue weighted by atomic mass is 35.5. The van der Waals surface area contributed by atoms with Crippen LogP contribution in [0.3, 0.4) is 0 Å². The number of nitrogens with zero attached hydrogens (tertiary/aromatic N) is 1. The van der Waals surface area contributed by atoms with E-state index in [2.05, 4.69) is 12.1 Å². The van der Waals surface area contributed by atoms with Gasteiger partial charge in [0.05, 0.1) is 8.41 Å². The summed E-state index contributed by atoms with van der Waals surface area (Å²) in [6.45, 7) is 0.801. The van der Waals surface area contributed by atoms with Crippen LogP contribution < -0.4 is 0 Å². The highest BCUT2D eigenvalue weighted by Gasteiger charge is 2.07. The lowest BCUT2D eigenvalue weighted by Gasteiger charge is -2.20. The third-order valence-electron chi connectivity index (χ3n) is 2.53. The van der Waals surface area contributed by atoms with Crippen LogP contribution in [0.2, 0.25) is 0 Å². The van der Waals surface area contributed by atoms with Crippen LogP contribution >= 0.6 is 12.4 Å². The predicted molar refractivity (Wildman–Crippen MR) is 81.5 cm³/mol. The molecule has 0 N–H and O–H groups in total. The van der Waals surface area contributed by atoms with Gasteiger partial charge in [0.2, 0.25) is 0 Å². The lowest BCUT2D eigenvalue weighted by Crippen LogP contribution is -2.20. The van der Waals surface area contributed by atoms with E-state index in [1.54, 1.807) is 6.08 Å². The summed E-state index contributed by atoms with van der Waals surface area (Å²) in [5.41, 5.74) is 1.87. The van der Waals surface area contributed by atoms with Crippen molar-refractivity contribution in [1.82, 2.24) is 4.90 Å². The summed E-state index contributed by atoms with van der Waals surface area (Å²) < 4.78 is 0. The quantitative estimate of drug-likeness (QED) is 0.608. The Hall–Kier alpha value is -1.70. The first-order valence-electron chi connectivity index (χ1n) is 5.31. The van der Waals surface area contributed by atoms with E-state index >= 15 is 0 Å².